The quantitative estimate of drug-likeness (QED) is 0.944. The Morgan fingerprint density at radius 3 is 2.91 bits per heavy atom. The van der Waals surface area contributed by atoms with Crippen molar-refractivity contribution in [2.75, 3.05) is 13.2 Å². The Kier molecular flexibility index (Phi) is 4.76. The van der Waals surface area contributed by atoms with Crippen molar-refractivity contribution in [2.24, 2.45) is 0 Å². The highest BCUT2D eigenvalue weighted by Crippen LogP contribution is 2.19. The smallest absolute Gasteiger partial charge is 0.317 e. The molecule has 0 saturated heterocycles. The molecule has 5 nitrogen and oxygen atoms in total. The Morgan fingerprint density at radius 1 is 1.26 bits per heavy atom. The summed E-state index contributed by atoms with van der Waals surface area (Å²) in [5, 5.41) is 2.97. The Balaban J connectivity index is 1.60. The van der Waals surface area contributed by atoms with Crippen LogP contribution in [0, 0.1) is 0 Å². The first-order valence-corrected chi connectivity index (χ1v) is 7.94. The maximum atomic E-state index is 12.4. The van der Waals surface area contributed by atoms with Gasteiger partial charge in [-0.15, -0.1) is 0 Å². The van der Waals surface area contributed by atoms with E-state index in [1.54, 1.807) is 6.20 Å². The van der Waals surface area contributed by atoms with Gasteiger partial charge >= 0.3 is 6.03 Å². The van der Waals surface area contributed by atoms with Crippen molar-refractivity contribution >= 4 is 6.03 Å². The SMILES string of the molecule is CCOc1ncccc1CNC(=O)N1CCc2ccccc2C1. The number of nitrogens with zero attached hydrogens (tertiary/aromatic N) is 2. The zero-order valence-electron chi connectivity index (χ0n) is 13.3. The lowest BCUT2D eigenvalue weighted by molar-refractivity contribution is 0.191. The van der Waals surface area contributed by atoms with Crippen LogP contribution in [-0.4, -0.2) is 29.1 Å². The predicted molar refractivity (Wildman–Crippen MR) is 88.2 cm³/mol. The molecule has 5 heteroatoms. The van der Waals surface area contributed by atoms with Gasteiger partial charge in [-0.1, -0.05) is 30.3 Å². The van der Waals surface area contributed by atoms with Crippen LogP contribution in [0.3, 0.4) is 0 Å². The van der Waals surface area contributed by atoms with Gasteiger partial charge in [0, 0.05) is 31.4 Å². The molecule has 0 bridgehead atoms. The monoisotopic (exact) mass is 311 g/mol. The van der Waals surface area contributed by atoms with Gasteiger partial charge in [-0.25, -0.2) is 9.78 Å². The van der Waals surface area contributed by atoms with E-state index in [1.807, 2.05) is 36.1 Å². The van der Waals surface area contributed by atoms with E-state index >= 15 is 0 Å². The molecule has 2 heterocycles. The zero-order valence-corrected chi connectivity index (χ0v) is 13.3. The molecule has 23 heavy (non-hydrogen) atoms. The molecule has 2 aromatic rings. The summed E-state index contributed by atoms with van der Waals surface area (Å²) in [6, 6.07) is 12.0. The molecule has 0 fully saturated rings. The van der Waals surface area contributed by atoms with E-state index in [0.29, 0.717) is 25.6 Å². The largest absolute Gasteiger partial charge is 0.478 e. The molecule has 1 aromatic heterocycles. The van der Waals surface area contributed by atoms with Crippen molar-refractivity contribution in [3.63, 3.8) is 0 Å². The zero-order chi connectivity index (χ0) is 16.1. The second-order valence-corrected chi connectivity index (χ2v) is 5.50. The molecule has 1 N–H and O–H groups in total. The summed E-state index contributed by atoms with van der Waals surface area (Å²) in [5.74, 6) is 0.583. The minimum atomic E-state index is -0.0502. The first kappa shape index (κ1) is 15.3. The van der Waals surface area contributed by atoms with E-state index in [9.17, 15) is 4.79 Å². The number of nitrogens with one attached hydrogen (secondary N) is 1. The lowest BCUT2D eigenvalue weighted by atomic mass is 10.0. The number of rotatable bonds is 4. The first-order valence-electron chi connectivity index (χ1n) is 7.94. The molecular weight excluding hydrogens is 290 g/mol. The summed E-state index contributed by atoms with van der Waals surface area (Å²) in [5.41, 5.74) is 3.45. The second kappa shape index (κ2) is 7.13. The van der Waals surface area contributed by atoms with Crippen molar-refractivity contribution in [1.29, 1.82) is 0 Å². The number of carbonyl (C=O) groups is 1. The Hall–Kier alpha value is -2.56. The predicted octanol–water partition coefficient (Wildman–Crippen LogP) is 2.75. The number of carbonyl (C=O) groups excluding carboxylic acids is 1. The van der Waals surface area contributed by atoms with Crippen LogP contribution in [0.2, 0.25) is 0 Å². The maximum Gasteiger partial charge on any atom is 0.317 e. The molecular formula is C18H21N3O2. The van der Waals surface area contributed by atoms with Crippen molar-refractivity contribution in [2.45, 2.75) is 26.4 Å². The molecule has 2 amide bonds. The van der Waals surface area contributed by atoms with Gasteiger partial charge in [-0.3, -0.25) is 0 Å². The van der Waals surface area contributed by atoms with Gasteiger partial charge in [0.05, 0.1) is 6.61 Å². The number of fused-ring (bicyclic) bond motifs is 1. The highest BCUT2D eigenvalue weighted by atomic mass is 16.5. The van der Waals surface area contributed by atoms with Gasteiger partial charge in [0.15, 0.2) is 0 Å². The average molecular weight is 311 g/mol. The first-order chi connectivity index (χ1) is 11.3. The molecule has 0 saturated carbocycles. The molecule has 0 aliphatic carbocycles. The molecule has 120 valence electrons. The third kappa shape index (κ3) is 3.62. The number of hydrogen-bond acceptors (Lipinski definition) is 3. The molecule has 0 atom stereocenters. The summed E-state index contributed by atoms with van der Waals surface area (Å²) in [7, 11) is 0. The van der Waals surface area contributed by atoms with Crippen LogP contribution >= 0.6 is 0 Å². The van der Waals surface area contributed by atoms with Crippen LogP contribution in [0.4, 0.5) is 4.79 Å². The molecule has 1 aliphatic heterocycles. The topological polar surface area (TPSA) is 54.5 Å². The summed E-state index contributed by atoms with van der Waals surface area (Å²) < 4.78 is 5.49. The number of ether oxygens (including phenoxy) is 1. The van der Waals surface area contributed by atoms with Crippen LogP contribution < -0.4 is 10.1 Å². The minimum absolute atomic E-state index is 0.0502. The van der Waals surface area contributed by atoms with E-state index in [2.05, 4.69) is 22.4 Å². The highest BCUT2D eigenvalue weighted by Gasteiger charge is 2.20. The van der Waals surface area contributed by atoms with Crippen LogP contribution in [0.1, 0.15) is 23.6 Å². The molecule has 1 aliphatic rings. The third-order valence-electron chi connectivity index (χ3n) is 3.98. The van der Waals surface area contributed by atoms with Crippen LogP contribution in [0.25, 0.3) is 0 Å². The summed E-state index contributed by atoms with van der Waals surface area (Å²) in [6.07, 6.45) is 2.60. The summed E-state index contributed by atoms with van der Waals surface area (Å²) >= 11 is 0. The van der Waals surface area contributed by atoms with Gasteiger partial charge in [0.25, 0.3) is 0 Å². The second-order valence-electron chi connectivity index (χ2n) is 5.50. The molecule has 1 aromatic carbocycles. The molecule has 0 unspecified atom stereocenters. The van der Waals surface area contributed by atoms with Gasteiger partial charge in [0.2, 0.25) is 5.88 Å². The van der Waals surface area contributed by atoms with Crippen molar-refractivity contribution < 1.29 is 9.53 Å². The number of hydrogen-bond donors (Lipinski definition) is 1. The van der Waals surface area contributed by atoms with Gasteiger partial charge in [-0.2, -0.15) is 0 Å². The van der Waals surface area contributed by atoms with E-state index in [0.717, 1.165) is 18.5 Å². The molecule has 0 radical (unpaired) electrons. The van der Waals surface area contributed by atoms with Crippen molar-refractivity contribution in [3.05, 3.63) is 59.3 Å². The van der Waals surface area contributed by atoms with E-state index in [1.165, 1.54) is 11.1 Å². The normalized spacial score (nSPS) is 13.3. The van der Waals surface area contributed by atoms with E-state index in [4.69, 9.17) is 4.74 Å². The lowest BCUT2D eigenvalue weighted by Crippen LogP contribution is -2.42. The number of amides is 2. The summed E-state index contributed by atoms with van der Waals surface area (Å²) in [6.45, 7) is 4.30. The van der Waals surface area contributed by atoms with Gasteiger partial charge < -0.3 is 15.0 Å². The highest BCUT2D eigenvalue weighted by molar-refractivity contribution is 5.74. The fourth-order valence-corrected chi connectivity index (χ4v) is 2.78. The standard InChI is InChI=1S/C18H21N3O2/c1-2-23-17-15(8-5-10-19-17)12-20-18(22)21-11-9-14-6-3-4-7-16(14)13-21/h3-8,10H,2,9,11-13H2,1H3,(H,20,22). The lowest BCUT2D eigenvalue weighted by Gasteiger charge is -2.29. The fraction of sp³-hybridized carbons (Fsp3) is 0.333. The number of benzene rings is 1. The molecule has 3 rings (SSSR count). The van der Waals surface area contributed by atoms with E-state index in [-0.39, 0.29) is 6.03 Å². The van der Waals surface area contributed by atoms with Crippen molar-refractivity contribution in [1.82, 2.24) is 15.2 Å². The number of aromatic nitrogens is 1. The van der Waals surface area contributed by atoms with Gasteiger partial charge in [0.1, 0.15) is 0 Å². The van der Waals surface area contributed by atoms with Gasteiger partial charge in [-0.05, 0) is 30.5 Å². The average Bonchev–Trinajstić information content (AvgIpc) is 2.60. The summed E-state index contributed by atoms with van der Waals surface area (Å²) in [4.78, 5) is 18.5. The Bertz CT molecular complexity index is 687. The third-order valence-corrected chi connectivity index (χ3v) is 3.98. The number of urea groups is 1. The molecule has 0 spiro atoms. The maximum absolute atomic E-state index is 12.4. The Labute approximate surface area is 136 Å². The fourth-order valence-electron chi connectivity index (χ4n) is 2.78. The van der Waals surface area contributed by atoms with E-state index < -0.39 is 0 Å². The van der Waals surface area contributed by atoms with Crippen LogP contribution in [0.15, 0.2) is 42.6 Å². The van der Waals surface area contributed by atoms with Crippen molar-refractivity contribution in [3.8, 4) is 5.88 Å². The Morgan fingerprint density at radius 2 is 2.09 bits per heavy atom. The van der Waals surface area contributed by atoms with Crippen LogP contribution in [0.5, 0.6) is 5.88 Å². The minimum Gasteiger partial charge on any atom is -0.478 e. The number of pyridine rings is 1. The van der Waals surface area contributed by atoms with Crippen LogP contribution in [-0.2, 0) is 19.5 Å².